The number of morpholine rings is 1. The zero-order valence-electron chi connectivity index (χ0n) is 12.4. The molecule has 1 aliphatic heterocycles. The van der Waals surface area contributed by atoms with Crippen molar-refractivity contribution >= 4 is 5.69 Å². The molecule has 2 aromatic rings. The van der Waals surface area contributed by atoms with Crippen LogP contribution in [0.1, 0.15) is 12.6 Å². The zero-order valence-corrected chi connectivity index (χ0v) is 12.4. The number of H-pyrrole nitrogens is 2. The minimum atomic E-state index is -0.545. The van der Waals surface area contributed by atoms with Crippen molar-refractivity contribution in [1.82, 2.24) is 20.2 Å². The van der Waals surface area contributed by atoms with Gasteiger partial charge in [0.1, 0.15) is 5.69 Å². The van der Waals surface area contributed by atoms with Gasteiger partial charge >= 0.3 is 5.69 Å². The molecule has 3 rings (SSSR count). The van der Waals surface area contributed by atoms with E-state index in [4.69, 9.17) is 4.74 Å². The SMILES string of the molecule is Cc1nnc(-c2c[nH]c(=O)[nH]c2=O)cc1N1CCO[C@@H](C)C1. The van der Waals surface area contributed by atoms with Gasteiger partial charge in [-0.25, -0.2) is 4.79 Å². The van der Waals surface area contributed by atoms with Crippen LogP contribution in [0.5, 0.6) is 0 Å². The molecule has 0 bridgehead atoms. The van der Waals surface area contributed by atoms with E-state index in [0.29, 0.717) is 12.3 Å². The zero-order chi connectivity index (χ0) is 15.7. The van der Waals surface area contributed by atoms with Gasteiger partial charge in [-0.05, 0) is 19.9 Å². The Hall–Kier alpha value is -2.48. The highest BCUT2D eigenvalue weighted by Crippen LogP contribution is 2.24. The smallest absolute Gasteiger partial charge is 0.325 e. The summed E-state index contributed by atoms with van der Waals surface area (Å²) in [7, 11) is 0. The van der Waals surface area contributed by atoms with E-state index in [1.54, 1.807) is 0 Å². The number of ether oxygens (including phenoxy) is 1. The number of aromatic nitrogens is 4. The number of aromatic amines is 2. The summed E-state index contributed by atoms with van der Waals surface area (Å²) in [6, 6.07) is 1.82. The molecule has 22 heavy (non-hydrogen) atoms. The van der Waals surface area contributed by atoms with E-state index in [2.05, 4.69) is 25.1 Å². The number of rotatable bonds is 2. The lowest BCUT2D eigenvalue weighted by Crippen LogP contribution is -2.41. The molecule has 0 saturated carbocycles. The summed E-state index contributed by atoms with van der Waals surface area (Å²) in [4.78, 5) is 29.8. The average Bonchev–Trinajstić information content (AvgIpc) is 2.48. The van der Waals surface area contributed by atoms with Crippen LogP contribution in [-0.4, -0.2) is 46.0 Å². The number of hydrogen-bond donors (Lipinski definition) is 2. The van der Waals surface area contributed by atoms with Gasteiger partial charge in [0.2, 0.25) is 0 Å². The highest BCUT2D eigenvalue weighted by molar-refractivity contribution is 5.64. The number of anilines is 1. The van der Waals surface area contributed by atoms with E-state index in [-0.39, 0.29) is 11.7 Å². The Kier molecular flexibility index (Phi) is 3.76. The molecular weight excluding hydrogens is 286 g/mol. The molecule has 2 aromatic heterocycles. The summed E-state index contributed by atoms with van der Waals surface area (Å²) < 4.78 is 5.54. The molecule has 0 amide bonds. The molecule has 8 heteroatoms. The molecule has 3 heterocycles. The Morgan fingerprint density at radius 3 is 2.91 bits per heavy atom. The van der Waals surface area contributed by atoms with Crippen molar-refractivity contribution in [3.63, 3.8) is 0 Å². The van der Waals surface area contributed by atoms with Crippen LogP contribution in [0.4, 0.5) is 5.69 Å². The van der Waals surface area contributed by atoms with E-state index in [9.17, 15) is 9.59 Å². The van der Waals surface area contributed by atoms with Gasteiger partial charge in [-0.15, -0.1) is 5.10 Å². The monoisotopic (exact) mass is 303 g/mol. The summed E-state index contributed by atoms with van der Waals surface area (Å²) in [5, 5.41) is 8.21. The molecule has 1 fully saturated rings. The largest absolute Gasteiger partial charge is 0.375 e. The third-order valence-electron chi connectivity index (χ3n) is 3.63. The first-order valence-electron chi connectivity index (χ1n) is 7.08. The minimum absolute atomic E-state index is 0.140. The summed E-state index contributed by atoms with van der Waals surface area (Å²) in [5.41, 5.74) is 1.40. The van der Waals surface area contributed by atoms with Crippen molar-refractivity contribution in [2.45, 2.75) is 20.0 Å². The molecule has 0 aromatic carbocycles. The normalized spacial score (nSPS) is 18.5. The van der Waals surface area contributed by atoms with Crippen LogP contribution in [0.3, 0.4) is 0 Å². The van der Waals surface area contributed by atoms with Crippen molar-refractivity contribution < 1.29 is 4.74 Å². The average molecular weight is 303 g/mol. The third-order valence-corrected chi connectivity index (χ3v) is 3.63. The Morgan fingerprint density at radius 2 is 2.18 bits per heavy atom. The fourth-order valence-corrected chi connectivity index (χ4v) is 2.53. The molecular formula is C14H17N5O3. The predicted molar refractivity (Wildman–Crippen MR) is 81.1 cm³/mol. The van der Waals surface area contributed by atoms with Gasteiger partial charge in [0.05, 0.1) is 29.7 Å². The minimum Gasteiger partial charge on any atom is -0.375 e. The van der Waals surface area contributed by atoms with Crippen LogP contribution in [0.25, 0.3) is 11.3 Å². The summed E-state index contributed by atoms with van der Waals surface area (Å²) in [6.07, 6.45) is 1.49. The van der Waals surface area contributed by atoms with Crippen LogP contribution in [-0.2, 0) is 4.74 Å². The number of aryl methyl sites for hydroxylation is 1. The molecule has 116 valence electrons. The second-order valence-corrected chi connectivity index (χ2v) is 5.31. The van der Waals surface area contributed by atoms with Gasteiger partial charge in [-0.3, -0.25) is 9.78 Å². The summed E-state index contributed by atoms with van der Waals surface area (Å²) >= 11 is 0. The Morgan fingerprint density at radius 1 is 1.36 bits per heavy atom. The molecule has 0 unspecified atom stereocenters. The molecule has 1 saturated heterocycles. The van der Waals surface area contributed by atoms with Gasteiger partial charge in [0, 0.05) is 19.3 Å². The third kappa shape index (κ3) is 2.77. The van der Waals surface area contributed by atoms with Crippen molar-refractivity contribution in [1.29, 1.82) is 0 Å². The van der Waals surface area contributed by atoms with Gasteiger partial charge in [-0.2, -0.15) is 5.10 Å². The van der Waals surface area contributed by atoms with Crippen LogP contribution >= 0.6 is 0 Å². The highest BCUT2D eigenvalue weighted by atomic mass is 16.5. The van der Waals surface area contributed by atoms with Crippen LogP contribution in [0.15, 0.2) is 21.9 Å². The second-order valence-electron chi connectivity index (χ2n) is 5.31. The maximum atomic E-state index is 11.9. The van der Waals surface area contributed by atoms with E-state index in [1.165, 1.54) is 6.20 Å². The van der Waals surface area contributed by atoms with E-state index < -0.39 is 11.2 Å². The van der Waals surface area contributed by atoms with E-state index in [0.717, 1.165) is 24.5 Å². The number of hydrogen-bond acceptors (Lipinski definition) is 6. The summed E-state index contributed by atoms with van der Waals surface area (Å²) in [5.74, 6) is 0. The topological polar surface area (TPSA) is 104 Å². The van der Waals surface area contributed by atoms with Gasteiger partial charge in [0.25, 0.3) is 5.56 Å². The van der Waals surface area contributed by atoms with Crippen LogP contribution < -0.4 is 16.1 Å². The van der Waals surface area contributed by atoms with Gasteiger partial charge < -0.3 is 14.6 Å². The predicted octanol–water partition coefficient (Wildman–Crippen LogP) is 0.0537. The first-order chi connectivity index (χ1) is 10.5. The van der Waals surface area contributed by atoms with Gasteiger partial charge in [0.15, 0.2) is 0 Å². The van der Waals surface area contributed by atoms with Crippen molar-refractivity contribution in [3.8, 4) is 11.3 Å². The van der Waals surface area contributed by atoms with Crippen LogP contribution in [0, 0.1) is 6.92 Å². The Labute approximate surface area is 126 Å². The van der Waals surface area contributed by atoms with E-state index >= 15 is 0 Å². The van der Waals surface area contributed by atoms with Crippen molar-refractivity contribution in [2.75, 3.05) is 24.6 Å². The molecule has 8 nitrogen and oxygen atoms in total. The maximum absolute atomic E-state index is 11.9. The summed E-state index contributed by atoms with van der Waals surface area (Å²) in [6.45, 7) is 6.07. The molecule has 2 N–H and O–H groups in total. The van der Waals surface area contributed by atoms with Gasteiger partial charge in [-0.1, -0.05) is 0 Å². The molecule has 0 aliphatic carbocycles. The number of nitrogens with one attached hydrogen (secondary N) is 2. The first-order valence-corrected chi connectivity index (χ1v) is 7.08. The fourth-order valence-electron chi connectivity index (χ4n) is 2.53. The fraction of sp³-hybridized carbons (Fsp3) is 0.429. The highest BCUT2D eigenvalue weighted by Gasteiger charge is 2.20. The quantitative estimate of drug-likeness (QED) is 0.812. The Balaban J connectivity index is 2.02. The first kappa shape index (κ1) is 14.5. The molecule has 0 spiro atoms. The molecule has 1 aliphatic rings. The number of nitrogens with zero attached hydrogens (tertiary/aromatic N) is 3. The maximum Gasteiger partial charge on any atom is 0.325 e. The lowest BCUT2D eigenvalue weighted by atomic mass is 10.1. The molecule has 0 radical (unpaired) electrons. The van der Waals surface area contributed by atoms with E-state index in [1.807, 2.05) is 19.9 Å². The standard InChI is InChI=1S/C14H17N5O3/c1-8-7-19(3-4-22-8)12-5-11(18-17-9(12)2)10-6-15-14(21)16-13(10)20/h5-6,8H,3-4,7H2,1-2H3,(H2,15,16,20,21)/t8-/m0/s1. The lowest BCUT2D eigenvalue weighted by molar-refractivity contribution is 0.0531. The lowest BCUT2D eigenvalue weighted by Gasteiger charge is -2.33. The molecule has 1 atom stereocenters. The Bertz CT molecular complexity index is 798. The van der Waals surface area contributed by atoms with Crippen LogP contribution in [0.2, 0.25) is 0 Å². The van der Waals surface area contributed by atoms with Crippen molar-refractivity contribution in [2.24, 2.45) is 0 Å². The second kappa shape index (κ2) is 5.72. The van der Waals surface area contributed by atoms with Crippen molar-refractivity contribution in [3.05, 3.63) is 38.8 Å².